The summed E-state index contributed by atoms with van der Waals surface area (Å²) in [6, 6.07) is 4.62. The van der Waals surface area contributed by atoms with E-state index < -0.39 is 11.6 Å². The lowest BCUT2D eigenvalue weighted by Crippen LogP contribution is -2.35. The molecule has 1 fully saturated rings. The highest BCUT2D eigenvalue weighted by atomic mass is 19.2. The molecule has 16 heavy (non-hydrogen) atoms. The average molecular weight is 226 g/mol. The Bertz CT molecular complexity index is 368. The number of benzene rings is 1. The van der Waals surface area contributed by atoms with Gasteiger partial charge in [-0.2, -0.15) is 0 Å². The summed E-state index contributed by atoms with van der Waals surface area (Å²) < 4.78 is 26.5. The van der Waals surface area contributed by atoms with E-state index in [0.29, 0.717) is 24.7 Å². The molecule has 0 aliphatic carbocycles. The van der Waals surface area contributed by atoms with E-state index in [1.54, 1.807) is 12.1 Å². The zero-order valence-electron chi connectivity index (χ0n) is 9.13. The van der Waals surface area contributed by atoms with Crippen LogP contribution < -0.4 is 5.73 Å². The van der Waals surface area contributed by atoms with E-state index in [9.17, 15) is 8.78 Å². The molecule has 2 N–H and O–H groups in total. The van der Waals surface area contributed by atoms with Crippen LogP contribution in [0.15, 0.2) is 18.2 Å². The van der Waals surface area contributed by atoms with Crippen LogP contribution in [0.2, 0.25) is 0 Å². The van der Waals surface area contributed by atoms with Crippen LogP contribution in [0.4, 0.5) is 8.78 Å². The van der Waals surface area contributed by atoms with Crippen molar-refractivity contribution in [3.63, 3.8) is 0 Å². The third-order valence-corrected chi connectivity index (χ3v) is 3.18. The van der Waals surface area contributed by atoms with Crippen LogP contribution in [0, 0.1) is 11.6 Å². The van der Waals surface area contributed by atoms with E-state index in [0.717, 1.165) is 25.5 Å². The SMILES string of the molecule is NCC1CCCN1Cc1cccc(F)c1F. The van der Waals surface area contributed by atoms with Crippen molar-refractivity contribution in [2.75, 3.05) is 13.1 Å². The molecule has 88 valence electrons. The molecule has 1 saturated heterocycles. The molecule has 1 heterocycles. The number of rotatable bonds is 3. The minimum atomic E-state index is -0.777. The van der Waals surface area contributed by atoms with E-state index in [-0.39, 0.29) is 0 Å². The number of nitrogens with two attached hydrogens (primary N) is 1. The van der Waals surface area contributed by atoms with Crippen LogP contribution >= 0.6 is 0 Å². The van der Waals surface area contributed by atoms with Gasteiger partial charge in [0.25, 0.3) is 0 Å². The zero-order chi connectivity index (χ0) is 11.5. The van der Waals surface area contributed by atoms with Gasteiger partial charge in [0.1, 0.15) is 0 Å². The van der Waals surface area contributed by atoms with Crippen molar-refractivity contribution in [1.29, 1.82) is 0 Å². The molecule has 4 heteroatoms. The monoisotopic (exact) mass is 226 g/mol. The fourth-order valence-electron chi connectivity index (χ4n) is 2.26. The molecule has 0 radical (unpaired) electrons. The van der Waals surface area contributed by atoms with Gasteiger partial charge in [-0.05, 0) is 25.5 Å². The Morgan fingerprint density at radius 1 is 1.38 bits per heavy atom. The largest absolute Gasteiger partial charge is 0.329 e. The summed E-state index contributed by atoms with van der Waals surface area (Å²) in [6.07, 6.45) is 2.13. The molecule has 0 aromatic heterocycles. The summed E-state index contributed by atoms with van der Waals surface area (Å²) in [5.41, 5.74) is 6.05. The first kappa shape index (κ1) is 11.5. The Labute approximate surface area is 94.0 Å². The zero-order valence-corrected chi connectivity index (χ0v) is 9.13. The van der Waals surface area contributed by atoms with Crippen LogP contribution in [-0.4, -0.2) is 24.0 Å². The first-order valence-electron chi connectivity index (χ1n) is 5.59. The lowest BCUT2D eigenvalue weighted by Gasteiger charge is -2.23. The van der Waals surface area contributed by atoms with Gasteiger partial charge in [0.2, 0.25) is 0 Å². The fraction of sp³-hybridized carbons (Fsp3) is 0.500. The van der Waals surface area contributed by atoms with Crippen LogP contribution in [0.3, 0.4) is 0 Å². The predicted octanol–water partition coefficient (Wildman–Crippen LogP) is 1.89. The van der Waals surface area contributed by atoms with Gasteiger partial charge in [-0.3, -0.25) is 4.90 Å². The predicted molar refractivity (Wildman–Crippen MR) is 58.8 cm³/mol. The Hall–Kier alpha value is -1.00. The fourth-order valence-corrected chi connectivity index (χ4v) is 2.26. The average Bonchev–Trinajstić information content (AvgIpc) is 2.72. The van der Waals surface area contributed by atoms with Crippen molar-refractivity contribution in [1.82, 2.24) is 4.90 Å². The summed E-state index contributed by atoms with van der Waals surface area (Å²) >= 11 is 0. The summed E-state index contributed by atoms with van der Waals surface area (Å²) in [4.78, 5) is 2.12. The Morgan fingerprint density at radius 3 is 2.94 bits per heavy atom. The van der Waals surface area contributed by atoms with Crippen molar-refractivity contribution >= 4 is 0 Å². The Morgan fingerprint density at radius 2 is 2.19 bits per heavy atom. The molecule has 1 unspecified atom stereocenters. The van der Waals surface area contributed by atoms with E-state index >= 15 is 0 Å². The van der Waals surface area contributed by atoms with Gasteiger partial charge in [-0.15, -0.1) is 0 Å². The molecular weight excluding hydrogens is 210 g/mol. The lowest BCUT2D eigenvalue weighted by molar-refractivity contribution is 0.246. The second kappa shape index (κ2) is 4.89. The third-order valence-electron chi connectivity index (χ3n) is 3.18. The number of hydrogen-bond acceptors (Lipinski definition) is 2. The lowest BCUT2D eigenvalue weighted by atomic mass is 10.1. The maximum Gasteiger partial charge on any atom is 0.163 e. The minimum absolute atomic E-state index is 0.308. The first-order chi connectivity index (χ1) is 7.72. The number of nitrogens with zero attached hydrogens (tertiary/aromatic N) is 1. The molecule has 0 spiro atoms. The van der Waals surface area contributed by atoms with Crippen molar-refractivity contribution in [3.8, 4) is 0 Å². The molecule has 0 saturated carbocycles. The summed E-state index contributed by atoms with van der Waals surface area (Å²) in [5, 5.41) is 0. The van der Waals surface area contributed by atoms with Gasteiger partial charge in [0.15, 0.2) is 11.6 Å². The van der Waals surface area contributed by atoms with Gasteiger partial charge in [0, 0.05) is 24.7 Å². The third kappa shape index (κ3) is 2.23. The second-order valence-corrected chi connectivity index (χ2v) is 4.22. The molecule has 2 nitrogen and oxygen atoms in total. The normalized spacial score (nSPS) is 21.6. The summed E-state index contributed by atoms with van der Waals surface area (Å²) in [5.74, 6) is -1.51. The van der Waals surface area contributed by atoms with Crippen molar-refractivity contribution in [3.05, 3.63) is 35.4 Å². The summed E-state index contributed by atoms with van der Waals surface area (Å²) in [7, 11) is 0. The minimum Gasteiger partial charge on any atom is -0.329 e. The number of hydrogen-bond donors (Lipinski definition) is 1. The molecule has 2 rings (SSSR count). The van der Waals surface area contributed by atoms with E-state index in [2.05, 4.69) is 4.90 Å². The Kier molecular flexibility index (Phi) is 3.51. The van der Waals surface area contributed by atoms with Gasteiger partial charge < -0.3 is 5.73 Å². The van der Waals surface area contributed by atoms with Gasteiger partial charge >= 0.3 is 0 Å². The quantitative estimate of drug-likeness (QED) is 0.852. The Balaban J connectivity index is 2.11. The first-order valence-corrected chi connectivity index (χ1v) is 5.59. The highest BCUT2D eigenvalue weighted by molar-refractivity contribution is 5.19. The molecule has 1 aliphatic rings. The van der Waals surface area contributed by atoms with Crippen molar-refractivity contribution in [2.45, 2.75) is 25.4 Å². The van der Waals surface area contributed by atoms with Crippen LogP contribution in [0.1, 0.15) is 18.4 Å². The molecule has 0 bridgehead atoms. The van der Waals surface area contributed by atoms with Crippen LogP contribution in [0.5, 0.6) is 0 Å². The van der Waals surface area contributed by atoms with Crippen molar-refractivity contribution < 1.29 is 8.78 Å². The second-order valence-electron chi connectivity index (χ2n) is 4.22. The summed E-state index contributed by atoms with van der Waals surface area (Å²) in [6.45, 7) is 1.94. The number of likely N-dealkylation sites (tertiary alicyclic amines) is 1. The highest BCUT2D eigenvalue weighted by Gasteiger charge is 2.24. The standard InChI is InChI=1S/C12H16F2N2/c13-11-5-1-3-9(12(11)14)8-16-6-2-4-10(16)7-15/h1,3,5,10H,2,4,6-8,15H2. The molecule has 1 aromatic rings. The van der Waals surface area contributed by atoms with E-state index in [1.807, 2.05) is 0 Å². The van der Waals surface area contributed by atoms with Crippen LogP contribution in [0.25, 0.3) is 0 Å². The maximum absolute atomic E-state index is 13.5. The molecular formula is C12H16F2N2. The van der Waals surface area contributed by atoms with Gasteiger partial charge in [-0.1, -0.05) is 12.1 Å². The smallest absolute Gasteiger partial charge is 0.163 e. The molecule has 1 aromatic carbocycles. The molecule has 1 aliphatic heterocycles. The molecule has 0 amide bonds. The van der Waals surface area contributed by atoms with Crippen molar-refractivity contribution in [2.24, 2.45) is 5.73 Å². The number of halogens is 2. The van der Waals surface area contributed by atoms with Gasteiger partial charge in [-0.25, -0.2) is 8.78 Å². The van der Waals surface area contributed by atoms with E-state index in [4.69, 9.17) is 5.73 Å². The van der Waals surface area contributed by atoms with Gasteiger partial charge in [0.05, 0.1) is 0 Å². The van der Waals surface area contributed by atoms with E-state index in [1.165, 1.54) is 0 Å². The highest BCUT2D eigenvalue weighted by Crippen LogP contribution is 2.21. The molecule has 1 atom stereocenters. The maximum atomic E-state index is 13.5. The topological polar surface area (TPSA) is 29.3 Å². The van der Waals surface area contributed by atoms with Crippen LogP contribution in [-0.2, 0) is 6.54 Å².